The zero-order chi connectivity index (χ0) is 7.72. The zero-order valence-electron chi connectivity index (χ0n) is 4.40. The third-order valence-electron chi connectivity index (χ3n) is 0.716. The predicted molar refractivity (Wildman–Crippen MR) is 42.3 cm³/mol. The van der Waals surface area contributed by atoms with Gasteiger partial charge in [0, 0.05) is 0 Å². The smallest absolute Gasteiger partial charge is 0.273 e. The Balaban J connectivity index is 3.10. The largest absolute Gasteiger partial charge is 0.281 e. The average molecular weight is 216 g/mol. The van der Waals surface area contributed by atoms with Crippen molar-refractivity contribution in [1.29, 1.82) is 0 Å². The van der Waals surface area contributed by atoms with Crippen LogP contribution in [0.5, 0.6) is 0 Å². The Labute approximate surface area is 75.7 Å². The van der Waals surface area contributed by atoms with Crippen LogP contribution in [0.25, 0.3) is 0 Å². The third-order valence-corrected chi connectivity index (χ3v) is 2.74. The number of rotatable bonds is 1. The first-order valence-electron chi connectivity index (χ1n) is 2.13. The highest BCUT2D eigenvalue weighted by Gasteiger charge is 2.11. The van der Waals surface area contributed by atoms with E-state index in [1.165, 1.54) is 0 Å². The van der Waals surface area contributed by atoms with E-state index in [9.17, 15) is 4.79 Å². The highest BCUT2D eigenvalue weighted by Crippen LogP contribution is 2.28. The van der Waals surface area contributed by atoms with Crippen LogP contribution < -0.4 is 0 Å². The molecule has 0 aliphatic rings. The van der Waals surface area contributed by atoms with Crippen molar-refractivity contribution < 1.29 is 4.79 Å². The first-order chi connectivity index (χ1) is 4.61. The Morgan fingerprint density at radius 3 is 2.30 bits per heavy atom. The number of thiazole rings is 1. The Kier molecular flexibility index (Phi) is 2.52. The van der Waals surface area contributed by atoms with Gasteiger partial charge in [0.05, 0.1) is 0 Å². The Morgan fingerprint density at radius 2 is 2.10 bits per heavy atom. The van der Waals surface area contributed by atoms with Crippen molar-refractivity contribution in [2.45, 2.75) is 0 Å². The molecule has 0 aromatic carbocycles. The fourth-order valence-electron chi connectivity index (χ4n) is 0.367. The van der Waals surface area contributed by atoms with Crippen molar-refractivity contribution in [3.8, 4) is 0 Å². The van der Waals surface area contributed by atoms with Crippen molar-refractivity contribution >= 4 is 51.4 Å². The van der Waals surface area contributed by atoms with Gasteiger partial charge in [-0.05, 0) is 11.6 Å². The molecule has 6 heteroatoms. The number of aromatic nitrogens is 1. The van der Waals surface area contributed by atoms with Crippen molar-refractivity contribution in [3.05, 3.63) is 14.5 Å². The van der Waals surface area contributed by atoms with Gasteiger partial charge in [-0.25, -0.2) is 4.98 Å². The first-order valence-corrected chi connectivity index (χ1v) is 4.08. The third kappa shape index (κ3) is 1.61. The van der Waals surface area contributed by atoms with Crippen molar-refractivity contribution in [3.63, 3.8) is 0 Å². The first kappa shape index (κ1) is 8.27. The van der Waals surface area contributed by atoms with E-state index >= 15 is 0 Å². The zero-order valence-corrected chi connectivity index (χ0v) is 7.48. The standard InChI is InChI=1S/C4Cl3NOS/c5-1-3(7)10-4(8-1)2(6)9. The van der Waals surface area contributed by atoms with E-state index in [1.807, 2.05) is 0 Å². The molecular weight excluding hydrogens is 216 g/mol. The molecule has 2 nitrogen and oxygen atoms in total. The van der Waals surface area contributed by atoms with Gasteiger partial charge in [0.1, 0.15) is 4.34 Å². The van der Waals surface area contributed by atoms with Crippen LogP contribution in [0.3, 0.4) is 0 Å². The summed E-state index contributed by atoms with van der Waals surface area (Å²) in [5, 5.41) is -0.397. The fraction of sp³-hybridized carbons (Fsp3) is 0. The lowest BCUT2D eigenvalue weighted by molar-refractivity contribution is 0.108. The van der Waals surface area contributed by atoms with E-state index in [-0.39, 0.29) is 14.5 Å². The van der Waals surface area contributed by atoms with Crippen LogP contribution in [-0.4, -0.2) is 10.2 Å². The Hall–Kier alpha value is 0.170. The van der Waals surface area contributed by atoms with E-state index in [4.69, 9.17) is 34.8 Å². The highest BCUT2D eigenvalue weighted by atomic mass is 35.5. The molecule has 0 spiro atoms. The van der Waals surface area contributed by atoms with Crippen LogP contribution in [0.15, 0.2) is 0 Å². The van der Waals surface area contributed by atoms with Crippen LogP contribution in [0.2, 0.25) is 9.49 Å². The van der Waals surface area contributed by atoms with Gasteiger partial charge in [-0.2, -0.15) is 0 Å². The summed E-state index contributed by atoms with van der Waals surface area (Å²) in [6.07, 6.45) is 0. The van der Waals surface area contributed by atoms with E-state index < -0.39 is 5.24 Å². The van der Waals surface area contributed by atoms with Crippen LogP contribution in [0.4, 0.5) is 0 Å². The lowest BCUT2D eigenvalue weighted by Gasteiger charge is -1.76. The van der Waals surface area contributed by atoms with Crippen molar-refractivity contribution in [2.24, 2.45) is 0 Å². The summed E-state index contributed by atoms with van der Waals surface area (Å²) in [6.45, 7) is 0. The minimum atomic E-state index is -0.640. The molecule has 0 amide bonds. The maximum absolute atomic E-state index is 10.4. The second kappa shape index (κ2) is 3.05. The minimum Gasteiger partial charge on any atom is -0.273 e. The van der Waals surface area contributed by atoms with Gasteiger partial charge in [-0.1, -0.05) is 34.5 Å². The van der Waals surface area contributed by atoms with Crippen molar-refractivity contribution in [1.82, 2.24) is 4.98 Å². The summed E-state index contributed by atoms with van der Waals surface area (Å²) in [5.74, 6) is 0. The maximum Gasteiger partial charge on any atom is 0.281 e. The van der Waals surface area contributed by atoms with Gasteiger partial charge in [0.2, 0.25) is 0 Å². The van der Waals surface area contributed by atoms with E-state index in [2.05, 4.69) is 4.98 Å². The second-order valence-electron chi connectivity index (χ2n) is 1.36. The summed E-state index contributed by atoms with van der Waals surface area (Å²) in [4.78, 5) is 14.0. The summed E-state index contributed by atoms with van der Waals surface area (Å²) >= 11 is 17.0. The van der Waals surface area contributed by atoms with Crippen LogP contribution in [0.1, 0.15) is 9.80 Å². The van der Waals surface area contributed by atoms with Crippen LogP contribution in [-0.2, 0) is 0 Å². The highest BCUT2D eigenvalue weighted by molar-refractivity contribution is 7.19. The number of hydrogen-bond acceptors (Lipinski definition) is 3. The molecule has 0 fully saturated rings. The molecule has 0 unspecified atom stereocenters. The Morgan fingerprint density at radius 1 is 1.50 bits per heavy atom. The van der Waals surface area contributed by atoms with Crippen LogP contribution in [0, 0.1) is 0 Å². The molecule has 1 aromatic rings. The van der Waals surface area contributed by atoms with E-state index in [0.717, 1.165) is 11.3 Å². The lowest BCUT2D eigenvalue weighted by Crippen LogP contribution is -1.84. The lowest BCUT2D eigenvalue weighted by atomic mass is 10.8. The monoisotopic (exact) mass is 215 g/mol. The molecule has 0 aliphatic heterocycles. The van der Waals surface area contributed by atoms with Gasteiger partial charge in [0.25, 0.3) is 5.24 Å². The summed E-state index contributed by atoms with van der Waals surface area (Å²) < 4.78 is 0.283. The summed E-state index contributed by atoms with van der Waals surface area (Å²) in [5.41, 5.74) is 0. The molecule has 1 rings (SSSR count). The van der Waals surface area contributed by atoms with Gasteiger partial charge >= 0.3 is 0 Å². The molecule has 0 aliphatic carbocycles. The summed E-state index contributed by atoms with van der Waals surface area (Å²) in [6, 6.07) is 0. The van der Waals surface area contributed by atoms with Crippen LogP contribution >= 0.6 is 46.1 Å². The molecule has 0 N–H and O–H groups in total. The van der Waals surface area contributed by atoms with E-state index in [1.54, 1.807) is 0 Å². The number of hydrogen-bond donors (Lipinski definition) is 0. The predicted octanol–water partition coefficient (Wildman–Crippen LogP) is 2.83. The van der Waals surface area contributed by atoms with Gasteiger partial charge < -0.3 is 0 Å². The number of carbonyl (C=O) groups is 1. The Bertz CT molecular complexity index is 252. The molecule has 0 saturated heterocycles. The molecule has 0 bridgehead atoms. The molecule has 54 valence electrons. The number of nitrogens with zero attached hydrogens (tertiary/aromatic N) is 1. The SMILES string of the molecule is O=C(Cl)c1nc(Cl)c(Cl)s1. The molecule has 1 aromatic heterocycles. The normalized spacial score (nSPS) is 9.90. The molecule has 0 saturated carbocycles. The topological polar surface area (TPSA) is 30.0 Å². The van der Waals surface area contributed by atoms with Crippen molar-refractivity contribution in [2.75, 3.05) is 0 Å². The number of carbonyl (C=O) groups excluding carboxylic acids is 1. The van der Waals surface area contributed by atoms with Gasteiger partial charge in [0.15, 0.2) is 10.2 Å². The molecule has 0 radical (unpaired) electrons. The average Bonchev–Trinajstić information content (AvgIpc) is 2.13. The fourth-order valence-corrected chi connectivity index (χ4v) is 1.55. The minimum absolute atomic E-state index is 0.121. The van der Waals surface area contributed by atoms with Gasteiger partial charge in [-0.3, -0.25) is 4.79 Å². The van der Waals surface area contributed by atoms with E-state index in [0.29, 0.717) is 0 Å². The quantitative estimate of drug-likeness (QED) is 0.676. The molecule has 0 atom stereocenters. The molecular formula is C4Cl3NOS. The maximum atomic E-state index is 10.4. The molecule has 10 heavy (non-hydrogen) atoms. The second-order valence-corrected chi connectivity index (χ2v) is 3.66. The molecule has 1 heterocycles. The number of halogens is 3. The van der Waals surface area contributed by atoms with Gasteiger partial charge in [-0.15, -0.1) is 0 Å². The summed E-state index contributed by atoms with van der Waals surface area (Å²) in [7, 11) is 0.